The molecule has 0 aromatic carbocycles. The highest BCUT2D eigenvalue weighted by Gasteiger charge is 2.44. The molecular weight excluding hydrogens is 238 g/mol. The Morgan fingerprint density at radius 2 is 2.12 bits per heavy atom. The van der Waals surface area contributed by atoms with Crippen LogP contribution >= 0.6 is 11.6 Å². The van der Waals surface area contributed by atoms with Crippen molar-refractivity contribution in [3.63, 3.8) is 0 Å². The highest BCUT2D eigenvalue weighted by molar-refractivity contribution is 6.30. The first-order chi connectivity index (χ1) is 7.98. The van der Waals surface area contributed by atoms with E-state index in [2.05, 4.69) is 15.1 Å². The molecule has 0 atom stereocenters. The number of aromatic nitrogens is 2. The van der Waals surface area contributed by atoms with Crippen LogP contribution in [0.5, 0.6) is 0 Å². The second-order valence-corrected chi connectivity index (χ2v) is 5.78. The molecule has 0 bridgehead atoms. The molecule has 3 rings (SSSR count). The number of aliphatic hydroxyl groups is 1. The first-order valence-electron chi connectivity index (χ1n) is 5.98. The number of halogens is 1. The average Bonchev–Trinajstić information content (AvgIpc) is 2.64. The first-order valence-corrected chi connectivity index (χ1v) is 6.36. The van der Waals surface area contributed by atoms with E-state index in [1.54, 1.807) is 0 Å². The fourth-order valence-corrected chi connectivity index (χ4v) is 3.07. The van der Waals surface area contributed by atoms with Gasteiger partial charge in [0, 0.05) is 18.2 Å². The Balaban J connectivity index is 1.88. The molecule has 0 unspecified atom stereocenters. The summed E-state index contributed by atoms with van der Waals surface area (Å²) in [5.74, 6) is 0.965. The van der Waals surface area contributed by atoms with E-state index < -0.39 is 5.60 Å². The van der Waals surface area contributed by atoms with Gasteiger partial charge in [0.05, 0.1) is 5.60 Å². The molecule has 0 radical (unpaired) electrons. The summed E-state index contributed by atoms with van der Waals surface area (Å²) >= 11 is 5.98. The fourth-order valence-electron chi connectivity index (χ4n) is 2.92. The molecule has 2 heterocycles. The van der Waals surface area contributed by atoms with Crippen molar-refractivity contribution < 1.29 is 5.11 Å². The van der Waals surface area contributed by atoms with Gasteiger partial charge in [-0.3, -0.25) is 0 Å². The molecule has 1 aromatic rings. The molecule has 1 N–H and O–H groups in total. The highest BCUT2D eigenvalue weighted by atomic mass is 35.5. The zero-order chi connectivity index (χ0) is 12.2. The smallest absolute Gasteiger partial charge is 0.155 e. The van der Waals surface area contributed by atoms with Crippen LogP contribution in [0.1, 0.15) is 30.9 Å². The second kappa shape index (κ2) is 3.56. The Kier molecular flexibility index (Phi) is 2.35. The minimum Gasteiger partial charge on any atom is -0.390 e. The predicted molar refractivity (Wildman–Crippen MR) is 66.5 cm³/mol. The summed E-state index contributed by atoms with van der Waals surface area (Å²) in [4.78, 5) is 2.27. The zero-order valence-corrected chi connectivity index (χ0v) is 10.8. The second-order valence-electron chi connectivity index (χ2n) is 5.42. The quantitative estimate of drug-likeness (QED) is 0.828. The molecule has 17 heavy (non-hydrogen) atoms. The van der Waals surface area contributed by atoms with E-state index in [9.17, 15) is 5.11 Å². The summed E-state index contributed by atoms with van der Waals surface area (Å²) in [6.07, 6.45) is 2.61. The molecule has 92 valence electrons. The number of fused-ring (bicyclic) bond motifs is 1. The molecule has 1 fully saturated rings. The van der Waals surface area contributed by atoms with Crippen molar-refractivity contribution in [2.75, 3.05) is 11.4 Å². The van der Waals surface area contributed by atoms with Gasteiger partial charge in [0.25, 0.3) is 0 Å². The molecule has 0 spiro atoms. The van der Waals surface area contributed by atoms with Gasteiger partial charge < -0.3 is 10.0 Å². The van der Waals surface area contributed by atoms with E-state index in [-0.39, 0.29) is 0 Å². The SMILES string of the molecule is Cc1c(Cl)nnc2c1CCN2C1CC(C)(O)C1. The Bertz CT molecular complexity index is 467. The van der Waals surface area contributed by atoms with E-state index in [0.29, 0.717) is 11.2 Å². The number of rotatable bonds is 1. The van der Waals surface area contributed by atoms with E-state index >= 15 is 0 Å². The Hall–Kier alpha value is -0.870. The lowest BCUT2D eigenvalue weighted by Crippen LogP contribution is -2.53. The maximum absolute atomic E-state index is 9.81. The molecule has 1 aromatic heterocycles. The maximum Gasteiger partial charge on any atom is 0.155 e. The molecule has 1 saturated carbocycles. The van der Waals surface area contributed by atoms with Crippen molar-refractivity contribution in [2.45, 2.75) is 44.8 Å². The van der Waals surface area contributed by atoms with Gasteiger partial charge in [-0.1, -0.05) is 11.6 Å². The van der Waals surface area contributed by atoms with Gasteiger partial charge in [-0.25, -0.2) is 0 Å². The van der Waals surface area contributed by atoms with E-state index in [1.165, 1.54) is 5.56 Å². The molecule has 5 heteroatoms. The topological polar surface area (TPSA) is 49.2 Å². The average molecular weight is 254 g/mol. The molecule has 2 aliphatic rings. The van der Waals surface area contributed by atoms with Crippen LogP contribution in [0.25, 0.3) is 0 Å². The van der Waals surface area contributed by atoms with Crippen molar-refractivity contribution in [3.8, 4) is 0 Å². The van der Waals surface area contributed by atoms with Crippen molar-refractivity contribution in [3.05, 3.63) is 16.3 Å². The van der Waals surface area contributed by atoms with Crippen LogP contribution in [0.4, 0.5) is 5.82 Å². The Labute approximate surface area is 106 Å². The van der Waals surface area contributed by atoms with Gasteiger partial charge >= 0.3 is 0 Å². The summed E-state index contributed by atoms with van der Waals surface area (Å²) in [7, 11) is 0. The third kappa shape index (κ3) is 1.70. The van der Waals surface area contributed by atoms with Crippen LogP contribution in [0.15, 0.2) is 0 Å². The summed E-state index contributed by atoms with van der Waals surface area (Å²) in [6.45, 7) is 4.85. The normalized spacial score (nSPS) is 31.3. The molecule has 1 aliphatic heterocycles. The van der Waals surface area contributed by atoms with Gasteiger partial charge in [0.15, 0.2) is 11.0 Å². The lowest BCUT2D eigenvalue weighted by molar-refractivity contribution is -0.0307. The van der Waals surface area contributed by atoms with Crippen molar-refractivity contribution in [1.82, 2.24) is 10.2 Å². The minimum atomic E-state index is -0.498. The van der Waals surface area contributed by atoms with Crippen LogP contribution in [-0.2, 0) is 6.42 Å². The molecular formula is C12H16ClN3O. The lowest BCUT2D eigenvalue weighted by Gasteiger charge is -2.46. The summed E-state index contributed by atoms with van der Waals surface area (Å²) in [5.41, 5.74) is 1.77. The lowest BCUT2D eigenvalue weighted by atomic mass is 9.76. The van der Waals surface area contributed by atoms with E-state index in [0.717, 1.165) is 37.2 Å². The summed E-state index contributed by atoms with van der Waals surface area (Å²) in [6, 6.07) is 0.404. The molecule has 1 aliphatic carbocycles. The van der Waals surface area contributed by atoms with Gasteiger partial charge in [-0.05, 0) is 38.7 Å². The predicted octanol–water partition coefficient (Wildman–Crippen LogP) is 1.71. The minimum absolute atomic E-state index is 0.404. The number of hydrogen-bond donors (Lipinski definition) is 1. The molecule has 4 nitrogen and oxygen atoms in total. The Morgan fingerprint density at radius 1 is 1.41 bits per heavy atom. The molecule has 0 saturated heterocycles. The number of nitrogens with zero attached hydrogens (tertiary/aromatic N) is 3. The van der Waals surface area contributed by atoms with Crippen LogP contribution in [0, 0.1) is 6.92 Å². The van der Waals surface area contributed by atoms with E-state index in [4.69, 9.17) is 11.6 Å². The van der Waals surface area contributed by atoms with E-state index in [1.807, 2.05) is 13.8 Å². The van der Waals surface area contributed by atoms with Crippen molar-refractivity contribution >= 4 is 17.4 Å². The third-order valence-corrected chi connectivity index (χ3v) is 4.29. The maximum atomic E-state index is 9.81. The standard InChI is InChI=1S/C12H16ClN3O/c1-7-9-3-4-16(8-5-12(2,17)6-8)11(9)15-14-10(7)13/h8,17H,3-6H2,1-2H3. The number of anilines is 1. The van der Waals surface area contributed by atoms with Crippen LogP contribution in [-0.4, -0.2) is 33.5 Å². The van der Waals surface area contributed by atoms with Gasteiger partial charge in [0.2, 0.25) is 0 Å². The summed E-state index contributed by atoms with van der Waals surface area (Å²) in [5, 5.41) is 18.5. The first kappa shape index (κ1) is 11.2. The van der Waals surface area contributed by atoms with Crippen LogP contribution in [0.3, 0.4) is 0 Å². The Morgan fingerprint density at radius 3 is 2.76 bits per heavy atom. The van der Waals surface area contributed by atoms with Gasteiger partial charge in [0.1, 0.15) is 0 Å². The highest BCUT2D eigenvalue weighted by Crippen LogP contribution is 2.41. The summed E-state index contributed by atoms with van der Waals surface area (Å²) < 4.78 is 0. The largest absolute Gasteiger partial charge is 0.390 e. The fraction of sp³-hybridized carbons (Fsp3) is 0.667. The number of hydrogen-bond acceptors (Lipinski definition) is 4. The molecule has 0 amide bonds. The monoisotopic (exact) mass is 253 g/mol. The van der Waals surface area contributed by atoms with Gasteiger partial charge in [-0.2, -0.15) is 0 Å². The van der Waals surface area contributed by atoms with Crippen LogP contribution < -0.4 is 4.90 Å². The van der Waals surface area contributed by atoms with Crippen molar-refractivity contribution in [1.29, 1.82) is 0 Å². The van der Waals surface area contributed by atoms with Crippen LogP contribution in [0.2, 0.25) is 5.15 Å². The zero-order valence-electron chi connectivity index (χ0n) is 10.1. The third-order valence-electron chi connectivity index (χ3n) is 3.93. The van der Waals surface area contributed by atoms with Crippen molar-refractivity contribution in [2.24, 2.45) is 0 Å². The van der Waals surface area contributed by atoms with Gasteiger partial charge in [-0.15, -0.1) is 10.2 Å².